The predicted molar refractivity (Wildman–Crippen MR) is 106 cm³/mol. The summed E-state index contributed by atoms with van der Waals surface area (Å²) >= 11 is 0. The van der Waals surface area contributed by atoms with Gasteiger partial charge in [0.25, 0.3) is 0 Å². The summed E-state index contributed by atoms with van der Waals surface area (Å²) in [5.74, 6) is 0.00301. The van der Waals surface area contributed by atoms with E-state index >= 15 is 0 Å². The zero-order chi connectivity index (χ0) is 19.7. The highest BCUT2D eigenvalue weighted by molar-refractivity contribution is 5.86. The molecule has 1 unspecified atom stereocenters. The molecule has 0 N–H and O–H groups in total. The van der Waals surface area contributed by atoms with E-state index in [-0.39, 0.29) is 5.63 Å². The van der Waals surface area contributed by atoms with Gasteiger partial charge in [0.2, 0.25) is 6.10 Å². The molecule has 144 valence electrons. The molecule has 1 aromatic heterocycles. The molecular formula is C23H22O5. The number of hydrogen-bond acceptors (Lipinski definition) is 5. The molecule has 3 aromatic rings. The van der Waals surface area contributed by atoms with Crippen LogP contribution >= 0.6 is 0 Å². The van der Waals surface area contributed by atoms with Crippen molar-refractivity contribution < 1.29 is 18.7 Å². The summed E-state index contributed by atoms with van der Waals surface area (Å²) in [6.45, 7) is 1.84. The fourth-order valence-electron chi connectivity index (χ4n) is 3.87. The highest BCUT2D eigenvalue weighted by Gasteiger charge is 2.26. The molecule has 0 saturated heterocycles. The maximum atomic E-state index is 12.5. The van der Waals surface area contributed by atoms with E-state index < -0.39 is 12.1 Å². The molecule has 0 bridgehead atoms. The molecule has 0 spiro atoms. The first-order valence-corrected chi connectivity index (χ1v) is 9.47. The smallest absolute Gasteiger partial charge is 0.351 e. The van der Waals surface area contributed by atoms with E-state index in [1.54, 1.807) is 0 Å². The number of rotatable bonds is 4. The van der Waals surface area contributed by atoms with Crippen molar-refractivity contribution >= 4 is 16.9 Å². The monoisotopic (exact) mass is 378 g/mol. The van der Waals surface area contributed by atoms with Gasteiger partial charge in [-0.1, -0.05) is 30.3 Å². The molecule has 5 nitrogen and oxygen atoms in total. The van der Waals surface area contributed by atoms with Gasteiger partial charge in [-0.05, 0) is 50.3 Å². The van der Waals surface area contributed by atoms with Gasteiger partial charge in [-0.2, -0.15) is 0 Å². The standard InChI is InChI=1S/C23H22O5/c1-14-19(27-21(23(25)26-2)15-8-4-3-5-9-15)13-12-17-16-10-6-7-11-18(16)22(24)28-20(14)17/h3-5,8-9,12-13,21H,6-7,10-11H2,1-2H3. The molecule has 0 saturated carbocycles. The lowest BCUT2D eigenvalue weighted by atomic mass is 9.90. The first kappa shape index (κ1) is 18.3. The zero-order valence-electron chi connectivity index (χ0n) is 16.0. The van der Waals surface area contributed by atoms with Crippen LogP contribution in [0, 0.1) is 6.92 Å². The van der Waals surface area contributed by atoms with Crippen molar-refractivity contribution in [1.82, 2.24) is 0 Å². The van der Waals surface area contributed by atoms with Crippen LogP contribution in [0.1, 0.15) is 41.2 Å². The number of ether oxygens (including phenoxy) is 2. The molecule has 0 radical (unpaired) electrons. The Bertz CT molecular complexity index is 1080. The van der Waals surface area contributed by atoms with Gasteiger partial charge >= 0.3 is 11.6 Å². The van der Waals surface area contributed by atoms with E-state index in [0.717, 1.165) is 42.2 Å². The zero-order valence-corrected chi connectivity index (χ0v) is 16.0. The fraction of sp³-hybridized carbons (Fsp3) is 0.304. The molecule has 0 fully saturated rings. The molecule has 2 aromatic carbocycles. The van der Waals surface area contributed by atoms with E-state index in [1.807, 2.05) is 49.4 Å². The molecule has 4 rings (SSSR count). The number of methoxy groups -OCH3 is 1. The van der Waals surface area contributed by atoms with Crippen molar-refractivity contribution in [3.8, 4) is 5.75 Å². The van der Waals surface area contributed by atoms with Crippen LogP contribution in [0.5, 0.6) is 5.75 Å². The van der Waals surface area contributed by atoms with E-state index in [9.17, 15) is 9.59 Å². The quantitative estimate of drug-likeness (QED) is 0.501. The van der Waals surface area contributed by atoms with Gasteiger partial charge in [0, 0.05) is 22.1 Å². The molecule has 1 heterocycles. The van der Waals surface area contributed by atoms with E-state index in [2.05, 4.69) is 0 Å². The summed E-state index contributed by atoms with van der Waals surface area (Å²) in [5, 5.41) is 0.952. The third kappa shape index (κ3) is 3.17. The second kappa shape index (κ2) is 7.50. The maximum absolute atomic E-state index is 12.5. The largest absolute Gasteiger partial charge is 0.474 e. The van der Waals surface area contributed by atoms with Gasteiger partial charge in [-0.3, -0.25) is 0 Å². The minimum atomic E-state index is -0.897. The van der Waals surface area contributed by atoms with Gasteiger partial charge in [-0.25, -0.2) is 9.59 Å². The number of carbonyl (C=O) groups is 1. The third-order valence-electron chi connectivity index (χ3n) is 5.35. The van der Waals surface area contributed by atoms with Gasteiger partial charge in [0.1, 0.15) is 11.3 Å². The normalized spacial score (nSPS) is 14.4. The van der Waals surface area contributed by atoms with Crippen LogP contribution in [0.25, 0.3) is 11.0 Å². The Morgan fingerprint density at radius 1 is 1.04 bits per heavy atom. The molecule has 0 amide bonds. The van der Waals surface area contributed by atoms with Crippen LogP contribution in [0.2, 0.25) is 0 Å². The van der Waals surface area contributed by atoms with Crippen molar-refractivity contribution in [2.24, 2.45) is 0 Å². The highest BCUT2D eigenvalue weighted by Crippen LogP contribution is 2.34. The minimum absolute atomic E-state index is 0.268. The Hall–Kier alpha value is -3.08. The fourth-order valence-corrected chi connectivity index (χ4v) is 3.87. The SMILES string of the molecule is COC(=O)C(Oc1ccc2c3c(c(=O)oc2c1C)CCCC3)c1ccccc1. The van der Waals surface area contributed by atoms with Crippen molar-refractivity contribution in [2.75, 3.05) is 7.11 Å². The Balaban J connectivity index is 1.79. The first-order chi connectivity index (χ1) is 13.6. The summed E-state index contributed by atoms with van der Waals surface area (Å²) in [6.07, 6.45) is 2.84. The predicted octanol–water partition coefficient (Wildman–Crippen LogP) is 4.27. The molecular weight excluding hydrogens is 356 g/mol. The topological polar surface area (TPSA) is 65.7 Å². The van der Waals surface area contributed by atoms with E-state index in [4.69, 9.17) is 13.9 Å². The number of esters is 1. The number of hydrogen-bond donors (Lipinski definition) is 0. The van der Waals surface area contributed by atoms with Crippen LogP contribution in [0.3, 0.4) is 0 Å². The lowest BCUT2D eigenvalue weighted by Crippen LogP contribution is -2.21. The second-order valence-corrected chi connectivity index (χ2v) is 7.05. The number of fused-ring (bicyclic) bond motifs is 3. The summed E-state index contributed by atoms with van der Waals surface area (Å²) in [7, 11) is 1.33. The Labute approximate surface area is 162 Å². The lowest BCUT2D eigenvalue weighted by molar-refractivity contribution is -0.149. The second-order valence-electron chi connectivity index (χ2n) is 7.05. The number of carbonyl (C=O) groups excluding carboxylic acids is 1. The van der Waals surface area contributed by atoms with Crippen molar-refractivity contribution in [3.05, 3.63) is 75.1 Å². The average Bonchev–Trinajstić information content (AvgIpc) is 2.74. The lowest BCUT2D eigenvalue weighted by Gasteiger charge is -2.21. The van der Waals surface area contributed by atoms with Gasteiger partial charge in [0.15, 0.2) is 0 Å². The summed E-state index contributed by atoms with van der Waals surface area (Å²) in [5.41, 5.74) is 3.53. The molecule has 0 aliphatic heterocycles. The highest BCUT2D eigenvalue weighted by atomic mass is 16.6. The number of aryl methyl sites for hydroxylation is 2. The molecule has 28 heavy (non-hydrogen) atoms. The van der Waals surface area contributed by atoms with Crippen LogP contribution in [0.15, 0.2) is 51.7 Å². The average molecular weight is 378 g/mol. The number of benzene rings is 2. The van der Waals surface area contributed by atoms with Gasteiger partial charge < -0.3 is 13.9 Å². The summed E-state index contributed by atoms with van der Waals surface area (Å²) < 4.78 is 16.6. The molecule has 1 aliphatic rings. The first-order valence-electron chi connectivity index (χ1n) is 9.47. The van der Waals surface area contributed by atoms with Crippen molar-refractivity contribution in [2.45, 2.75) is 38.7 Å². The maximum Gasteiger partial charge on any atom is 0.351 e. The van der Waals surface area contributed by atoms with Crippen LogP contribution in [-0.2, 0) is 22.4 Å². The van der Waals surface area contributed by atoms with Crippen molar-refractivity contribution in [1.29, 1.82) is 0 Å². The van der Waals surface area contributed by atoms with Crippen LogP contribution < -0.4 is 10.4 Å². The Morgan fingerprint density at radius 3 is 2.46 bits per heavy atom. The van der Waals surface area contributed by atoms with Crippen molar-refractivity contribution in [3.63, 3.8) is 0 Å². The van der Waals surface area contributed by atoms with Crippen LogP contribution in [-0.4, -0.2) is 13.1 Å². The minimum Gasteiger partial charge on any atom is -0.474 e. The third-order valence-corrected chi connectivity index (χ3v) is 5.35. The van der Waals surface area contributed by atoms with Crippen LogP contribution in [0.4, 0.5) is 0 Å². The van der Waals surface area contributed by atoms with E-state index in [0.29, 0.717) is 22.5 Å². The molecule has 1 atom stereocenters. The Kier molecular flexibility index (Phi) is 4.90. The molecule has 1 aliphatic carbocycles. The van der Waals surface area contributed by atoms with E-state index in [1.165, 1.54) is 7.11 Å². The molecule has 5 heteroatoms. The summed E-state index contributed by atoms with van der Waals surface area (Å²) in [4.78, 5) is 24.8. The summed E-state index contributed by atoms with van der Waals surface area (Å²) in [6, 6.07) is 12.9. The van der Waals surface area contributed by atoms with Gasteiger partial charge in [0.05, 0.1) is 7.11 Å². The van der Waals surface area contributed by atoms with Gasteiger partial charge in [-0.15, -0.1) is 0 Å². The Morgan fingerprint density at radius 2 is 1.75 bits per heavy atom.